The number of ether oxygens (including phenoxy) is 3. The molecule has 5 heteroatoms. The number of nitrogens with one attached hydrogen (secondary N) is 1. The van der Waals surface area contributed by atoms with E-state index in [-0.39, 0.29) is 12.5 Å². The Kier molecular flexibility index (Phi) is 10.9. The molecule has 1 N–H and O–H groups in total. The topological polar surface area (TPSA) is 56.8 Å². The minimum Gasteiger partial charge on any atom is -0.382 e. The van der Waals surface area contributed by atoms with Crippen molar-refractivity contribution in [3.8, 4) is 0 Å². The van der Waals surface area contributed by atoms with Crippen LogP contribution >= 0.6 is 0 Å². The molecule has 90 valence electrons. The third kappa shape index (κ3) is 11.3. The van der Waals surface area contributed by atoms with Gasteiger partial charge in [0.05, 0.1) is 13.2 Å². The second kappa shape index (κ2) is 11.4. The van der Waals surface area contributed by atoms with Crippen molar-refractivity contribution in [3.05, 3.63) is 0 Å². The summed E-state index contributed by atoms with van der Waals surface area (Å²) in [5.41, 5.74) is 0. The van der Waals surface area contributed by atoms with E-state index in [1.807, 2.05) is 6.92 Å². The summed E-state index contributed by atoms with van der Waals surface area (Å²) in [6.07, 6.45) is 0.807. The van der Waals surface area contributed by atoms with Crippen LogP contribution in [0.4, 0.5) is 0 Å². The summed E-state index contributed by atoms with van der Waals surface area (Å²) in [6, 6.07) is 0. The first-order valence-electron chi connectivity index (χ1n) is 5.22. The molecule has 0 aromatic carbocycles. The van der Waals surface area contributed by atoms with Crippen LogP contribution in [0, 0.1) is 0 Å². The second-order valence-electron chi connectivity index (χ2n) is 2.95. The fourth-order valence-electron chi connectivity index (χ4n) is 0.892. The zero-order valence-corrected chi connectivity index (χ0v) is 9.58. The quantitative estimate of drug-likeness (QED) is 0.533. The van der Waals surface area contributed by atoms with E-state index in [2.05, 4.69) is 5.32 Å². The smallest absolute Gasteiger partial charge is 0.245 e. The first-order chi connectivity index (χ1) is 7.31. The molecule has 0 saturated heterocycles. The minimum absolute atomic E-state index is 0.0752. The highest BCUT2D eigenvalue weighted by Gasteiger charge is 1.98. The highest BCUT2D eigenvalue weighted by molar-refractivity contribution is 5.77. The van der Waals surface area contributed by atoms with E-state index in [0.717, 1.165) is 6.42 Å². The van der Waals surface area contributed by atoms with Crippen LogP contribution in [0.2, 0.25) is 0 Å². The summed E-state index contributed by atoms with van der Waals surface area (Å²) in [5.74, 6) is -0.0752. The Labute approximate surface area is 91.1 Å². The monoisotopic (exact) mass is 219 g/mol. The Balaban J connectivity index is 3.06. The van der Waals surface area contributed by atoms with Gasteiger partial charge in [-0.3, -0.25) is 4.79 Å². The molecule has 0 rings (SSSR count). The van der Waals surface area contributed by atoms with Crippen molar-refractivity contribution in [1.29, 1.82) is 0 Å². The summed E-state index contributed by atoms with van der Waals surface area (Å²) in [5, 5.41) is 2.73. The summed E-state index contributed by atoms with van der Waals surface area (Å²) in [7, 11) is 1.64. The van der Waals surface area contributed by atoms with Gasteiger partial charge in [0.1, 0.15) is 6.61 Å². The molecule has 15 heavy (non-hydrogen) atoms. The van der Waals surface area contributed by atoms with Crippen LogP contribution in [0.5, 0.6) is 0 Å². The summed E-state index contributed by atoms with van der Waals surface area (Å²) in [6.45, 7) is 5.03. The number of hydrogen-bond donors (Lipinski definition) is 1. The molecule has 0 aromatic heterocycles. The average molecular weight is 219 g/mol. The fourth-order valence-corrected chi connectivity index (χ4v) is 0.892. The van der Waals surface area contributed by atoms with Crippen LogP contribution < -0.4 is 5.32 Å². The molecule has 5 nitrogen and oxygen atoms in total. The maximum Gasteiger partial charge on any atom is 0.245 e. The molecule has 0 radical (unpaired) electrons. The lowest BCUT2D eigenvalue weighted by Crippen LogP contribution is -2.29. The molecule has 0 spiro atoms. The van der Waals surface area contributed by atoms with Crippen LogP contribution in [0.1, 0.15) is 13.3 Å². The van der Waals surface area contributed by atoms with Gasteiger partial charge >= 0.3 is 0 Å². The Hall–Kier alpha value is -0.650. The Bertz CT molecular complexity index is 152. The van der Waals surface area contributed by atoms with E-state index in [1.54, 1.807) is 7.11 Å². The van der Waals surface area contributed by atoms with Gasteiger partial charge < -0.3 is 19.5 Å². The number of carbonyl (C=O) groups excluding carboxylic acids is 1. The van der Waals surface area contributed by atoms with Crippen molar-refractivity contribution < 1.29 is 19.0 Å². The first-order valence-corrected chi connectivity index (χ1v) is 5.22. The fraction of sp³-hybridized carbons (Fsp3) is 0.900. The largest absolute Gasteiger partial charge is 0.382 e. The van der Waals surface area contributed by atoms with Crippen molar-refractivity contribution in [3.63, 3.8) is 0 Å². The minimum atomic E-state index is -0.0752. The second-order valence-corrected chi connectivity index (χ2v) is 2.95. The Morgan fingerprint density at radius 1 is 1.20 bits per heavy atom. The molecule has 0 atom stereocenters. The van der Waals surface area contributed by atoms with Crippen molar-refractivity contribution in [2.24, 2.45) is 0 Å². The van der Waals surface area contributed by atoms with Crippen LogP contribution in [0.15, 0.2) is 0 Å². The predicted molar refractivity (Wildman–Crippen MR) is 56.8 cm³/mol. The van der Waals surface area contributed by atoms with Crippen LogP contribution in [-0.2, 0) is 19.0 Å². The van der Waals surface area contributed by atoms with Gasteiger partial charge in [0, 0.05) is 26.9 Å². The van der Waals surface area contributed by atoms with Crippen LogP contribution in [0.3, 0.4) is 0 Å². The lowest BCUT2D eigenvalue weighted by atomic mass is 10.4. The third-order valence-corrected chi connectivity index (χ3v) is 1.66. The molecular weight excluding hydrogens is 198 g/mol. The molecule has 1 amide bonds. The van der Waals surface area contributed by atoms with Crippen molar-refractivity contribution >= 4 is 5.91 Å². The van der Waals surface area contributed by atoms with Gasteiger partial charge in [-0.25, -0.2) is 0 Å². The first kappa shape index (κ1) is 14.3. The van der Waals surface area contributed by atoms with E-state index in [0.29, 0.717) is 33.0 Å². The van der Waals surface area contributed by atoms with Crippen LogP contribution in [0.25, 0.3) is 0 Å². The predicted octanol–water partition coefficient (Wildman–Crippen LogP) is 0.192. The van der Waals surface area contributed by atoms with E-state index in [4.69, 9.17) is 14.2 Å². The summed E-state index contributed by atoms with van der Waals surface area (Å²) >= 11 is 0. The Morgan fingerprint density at radius 3 is 2.67 bits per heavy atom. The highest BCUT2D eigenvalue weighted by atomic mass is 16.5. The molecule has 0 saturated carbocycles. The van der Waals surface area contributed by atoms with Gasteiger partial charge in [-0.1, -0.05) is 0 Å². The van der Waals surface area contributed by atoms with Crippen molar-refractivity contribution in [2.45, 2.75) is 13.3 Å². The molecule has 0 aliphatic rings. The van der Waals surface area contributed by atoms with Crippen molar-refractivity contribution in [1.82, 2.24) is 5.32 Å². The van der Waals surface area contributed by atoms with E-state index in [9.17, 15) is 4.79 Å². The molecule has 0 unspecified atom stereocenters. The van der Waals surface area contributed by atoms with E-state index in [1.165, 1.54) is 0 Å². The third-order valence-electron chi connectivity index (χ3n) is 1.66. The van der Waals surface area contributed by atoms with Crippen LogP contribution in [-0.4, -0.2) is 52.6 Å². The number of rotatable bonds is 10. The summed E-state index contributed by atoms with van der Waals surface area (Å²) in [4.78, 5) is 11.0. The molecular formula is C10H21NO4. The molecule has 0 aromatic rings. The SMILES string of the molecule is CCOCC(=O)NCCCOCCOC. The lowest BCUT2D eigenvalue weighted by molar-refractivity contribution is -0.125. The molecule has 0 bridgehead atoms. The van der Waals surface area contributed by atoms with Crippen molar-refractivity contribution in [2.75, 3.05) is 46.7 Å². The zero-order valence-electron chi connectivity index (χ0n) is 9.58. The van der Waals surface area contributed by atoms with Gasteiger partial charge in [-0.15, -0.1) is 0 Å². The lowest BCUT2D eigenvalue weighted by Gasteiger charge is -2.05. The molecule has 0 aliphatic heterocycles. The van der Waals surface area contributed by atoms with Gasteiger partial charge in [-0.05, 0) is 13.3 Å². The van der Waals surface area contributed by atoms with Gasteiger partial charge in [0.2, 0.25) is 5.91 Å². The molecule has 0 fully saturated rings. The average Bonchev–Trinajstić information content (AvgIpc) is 2.25. The van der Waals surface area contributed by atoms with Gasteiger partial charge in [0.15, 0.2) is 0 Å². The van der Waals surface area contributed by atoms with E-state index < -0.39 is 0 Å². The van der Waals surface area contributed by atoms with Gasteiger partial charge in [-0.2, -0.15) is 0 Å². The highest BCUT2D eigenvalue weighted by Crippen LogP contribution is 1.82. The normalized spacial score (nSPS) is 10.3. The maximum atomic E-state index is 11.0. The molecule has 0 heterocycles. The Morgan fingerprint density at radius 2 is 2.00 bits per heavy atom. The number of carbonyl (C=O) groups is 1. The van der Waals surface area contributed by atoms with Gasteiger partial charge in [0.25, 0.3) is 0 Å². The zero-order chi connectivity index (χ0) is 11.4. The number of amides is 1. The summed E-state index contributed by atoms with van der Waals surface area (Å²) < 4.78 is 15.0. The maximum absolute atomic E-state index is 11.0. The standard InChI is InChI=1S/C10H21NO4/c1-3-14-9-10(12)11-5-4-6-15-8-7-13-2/h3-9H2,1-2H3,(H,11,12). The van der Waals surface area contributed by atoms with E-state index >= 15 is 0 Å². The number of methoxy groups -OCH3 is 1. The molecule has 0 aliphatic carbocycles. The number of hydrogen-bond acceptors (Lipinski definition) is 4.